The molecule has 0 heterocycles. The van der Waals surface area contributed by atoms with Gasteiger partial charge in [-0.1, -0.05) is 34.9 Å². The third-order valence-electron chi connectivity index (χ3n) is 4.17. The van der Waals surface area contributed by atoms with Crippen LogP contribution in [-0.2, 0) is 20.4 Å². The summed E-state index contributed by atoms with van der Waals surface area (Å²) in [4.78, 5) is 24.1. The maximum Gasteiger partial charge on any atom is 0.408 e. The van der Waals surface area contributed by atoms with E-state index < -0.39 is 34.5 Å². The van der Waals surface area contributed by atoms with Gasteiger partial charge >= 0.3 is 6.09 Å². The minimum atomic E-state index is -3.09. The lowest BCUT2D eigenvalue weighted by Crippen LogP contribution is -2.49. The molecule has 0 aliphatic heterocycles. The zero-order valence-corrected chi connectivity index (χ0v) is 22.2. The van der Waals surface area contributed by atoms with E-state index in [4.69, 9.17) is 4.74 Å². The van der Waals surface area contributed by atoms with Gasteiger partial charge in [-0.25, -0.2) is 13.2 Å². The summed E-state index contributed by atoms with van der Waals surface area (Å²) in [6.07, 6.45) is 9.94. The third kappa shape index (κ3) is 17.9. The van der Waals surface area contributed by atoms with Gasteiger partial charge in [-0.3, -0.25) is 9.52 Å². The van der Waals surface area contributed by atoms with Gasteiger partial charge in [0.05, 0.1) is 0 Å². The van der Waals surface area contributed by atoms with Crippen molar-refractivity contribution < 1.29 is 22.7 Å². The van der Waals surface area contributed by atoms with E-state index in [9.17, 15) is 18.0 Å². The van der Waals surface area contributed by atoms with Gasteiger partial charge < -0.3 is 10.1 Å². The zero-order valence-electron chi connectivity index (χ0n) is 20.4. The Labute approximate surface area is 199 Å². The molecular formula is C23H40N2O5S2. The lowest BCUT2D eigenvalue weighted by atomic mass is 10.1. The van der Waals surface area contributed by atoms with Gasteiger partial charge in [0.15, 0.2) is 0 Å². The molecule has 9 heteroatoms. The van der Waals surface area contributed by atoms with Crippen molar-refractivity contribution in [1.82, 2.24) is 10.0 Å². The van der Waals surface area contributed by atoms with Crippen molar-refractivity contribution >= 4 is 34.7 Å². The van der Waals surface area contributed by atoms with Gasteiger partial charge in [0.1, 0.15) is 11.6 Å². The van der Waals surface area contributed by atoms with Gasteiger partial charge in [0, 0.05) is 11.5 Å². The highest BCUT2D eigenvalue weighted by atomic mass is 32.2. The molecule has 0 saturated carbocycles. The fraction of sp³-hybridized carbons (Fsp3) is 0.652. The highest BCUT2D eigenvalue weighted by Gasteiger charge is 2.24. The molecule has 0 aliphatic rings. The minimum Gasteiger partial charge on any atom is -0.444 e. The second-order valence-corrected chi connectivity index (χ2v) is 10.7. The Kier molecular flexibility index (Phi) is 15.1. The fourth-order valence-corrected chi connectivity index (χ4v) is 3.87. The molecule has 184 valence electrons. The van der Waals surface area contributed by atoms with Crippen molar-refractivity contribution in [2.75, 3.05) is 11.5 Å². The molecule has 0 aromatic heterocycles. The summed E-state index contributed by atoms with van der Waals surface area (Å²) in [7, 11) is -3.09. The summed E-state index contributed by atoms with van der Waals surface area (Å²) in [5.41, 5.74) is 3.26. The van der Waals surface area contributed by atoms with E-state index >= 15 is 0 Å². The first kappa shape index (κ1) is 30.3. The van der Waals surface area contributed by atoms with E-state index in [-0.39, 0.29) is 5.75 Å². The van der Waals surface area contributed by atoms with Crippen molar-refractivity contribution in [2.45, 2.75) is 85.8 Å². The first-order valence-corrected chi connectivity index (χ1v) is 13.1. The fourth-order valence-electron chi connectivity index (χ4n) is 2.53. The van der Waals surface area contributed by atoms with Crippen LogP contribution in [0.2, 0.25) is 0 Å². The standard InChI is InChI=1S/C23H40N2O5S2/c1-17(2)10-8-11-18(3)12-9-13-19(4)14-15-31-16-20(21(26)25-32(28)29)24-22(27)30-23(5,6)7/h10,12,14,20,32H,8-9,11,13,15-16H2,1-7H3,(H,24,27)(H,25,26,28,29)/b18-12+,19-14+/t20-/m0/s1. The number of ether oxygens (including phenoxy) is 1. The molecule has 0 aromatic rings. The molecule has 0 bridgehead atoms. The van der Waals surface area contributed by atoms with Gasteiger partial charge in [-0.2, -0.15) is 11.8 Å². The molecule has 0 radical (unpaired) electrons. The van der Waals surface area contributed by atoms with Crippen LogP contribution in [-0.4, -0.2) is 43.6 Å². The van der Waals surface area contributed by atoms with Crippen LogP contribution in [0.15, 0.2) is 34.9 Å². The second-order valence-electron chi connectivity index (χ2n) is 8.93. The molecule has 0 fully saturated rings. The third-order valence-corrected chi connectivity index (χ3v) is 5.54. The first-order valence-electron chi connectivity index (χ1n) is 10.8. The topological polar surface area (TPSA) is 102 Å². The Hall–Kier alpha value is -1.74. The van der Waals surface area contributed by atoms with Crippen LogP contribution in [0.5, 0.6) is 0 Å². The van der Waals surface area contributed by atoms with Crippen LogP contribution in [0.25, 0.3) is 0 Å². The molecule has 0 saturated heterocycles. The lowest BCUT2D eigenvalue weighted by Gasteiger charge is -2.22. The molecule has 2 amide bonds. The Morgan fingerprint density at radius 2 is 1.53 bits per heavy atom. The van der Waals surface area contributed by atoms with E-state index in [1.165, 1.54) is 28.5 Å². The van der Waals surface area contributed by atoms with Crippen molar-refractivity contribution in [2.24, 2.45) is 0 Å². The normalized spacial score (nSPS) is 13.5. The molecule has 2 N–H and O–H groups in total. The van der Waals surface area contributed by atoms with Gasteiger partial charge in [-0.15, -0.1) is 0 Å². The highest BCUT2D eigenvalue weighted by Crippen LogP contribution is 2.13. The van der Waals surface area contributed by atoms with E-state index in [1.807, 2.05) is 4.72 Å². The van der Waals surface area contributed by atoms with E-state index in [2.05, 4.69) is 51.2 Å². The second kappa shape index (κ2) is 16.0. The molecule has 0 spiro atoms. The van der Waals surface area contributed by atoms with Crippen LogP contribution in [0.1, 0.15) is 74.1 Å². The number of hydrogen-bond acceptors (Lipinski definition) is 6. The summed E-state index contributed by atoms with van der Waals surface area (Å²) in [6, 6.07) is -1.01. The smallest absolute Gasteiger partial charge is 0.408 e. The van der Waals surface area contributed by atoms with Crippen molar-refractivity contribution in [3.05, 3.63) is 34.9 Å². The number of alkyl carbamates (subject to hydrolysis) is 1. The van der Waals surface area contributed by atoms with E-state index in [0.717, 1.165) is 25.7 Å². The molecule has 0 rings (SSSR count). The Bertz CT molecular complexity index is 766. The van der Waals surface area contributed by atoms with Crippen LogP contribution in [0, 0.1) is 0 Å². The van der Waals surface area contributed by atoms with Gasteiger partial charge in [0.25, 0.3) is 5.91 Å². The monoisotopic (exact) mass is 488 g/mol. The quantitative estimate of drug-likeness (QED) is 0.198. The van der Waals surface area contributed by atoms with Crippen molar-refractivity contribution in [3.63, 3.8) is 0 Å². The summed E-state index contributed by atoms with van der Waals surface area (Å²) in [5, 5.41) is 2.44. The Morgan fingerprint density at radius 1 is 0.969 bits per heavy atom. The van der Waals surface area contributed by atoms with Crippen LogP contribution < -0.4 is 10.0 Å². The molecule has 0 aromatic carbocycles. The van der Waals surface area contributed by atoms with Crippen LogP contribution in [0.3, 0.4) is 0 Å². The first-order chi connectivity index (χ1) is 14.8. The number of nitrogens with one attached hydrogen (secondary N) is 2. The summed E-state index contributed by atoms with van der Waals surface area (Å²) < 4.78 is 28.6. The molecule has 0 unspecified atom stereocenters. The molecule has 32 heavy (non-hydrogen) atoms. The number of carbonyl (C=O) groups is 2. The maximum absolute atomic E-state index is 12.1. The molecule has 1 atom stereocenters. The summed E-state index contributed by atoms with van der Waals surface area (Å²) in [5.74, 6) is 0.0914. The zero-order chi connectivity index (χ0) is 24.7. The molecular weight excluding hydrogens is 448 g/mol. The summed E-state index contributed by atoms with van der Waals surface area (Å²) in [6.45, 7) is 13.6. The van der Waals surface area contributed by atoms with Crippen molar-refractivity contribution in [3.8, 4) is 0 Å². The predicted octanol–water partition coefficient (Wildman–Crippen LogP) is 4.67. The minimum absolute atomic E-state index is 0.224. The van der Waals surface area contributed by atoms with E-state index in [1.54, 1.807) is 20.8 Å². The highest BCUT2D eigenvalue weighted by molar-refractivity contribution is 7.99. The van der Waals surface area contributed by atoms with Gasteiger partial charge in [0.2, 0.25) is 10.9 Å². The van der Waals surface area contributed by atoms with Crippen molar-refractivity contribution in [1.29, 1.82) is 0 Å². The number of thiol groups is 1. The van der Waals surface area contributed by atoms with Crippen LogP contribution in [0.4, 0.5) is 4.79 Å². The predicted molar refractivity (Wildman–Crippen MR) is 134 cm³/mol. The SMILES string of the molecule is CC(C)=CCC/C(C)=C/CC/C(C)=C/CSC[C@H](NC(=O)OC(C)(C)C)C(=O)N[SH](=O)=O. The number of hydrogen-bond donors (Lipinski definition) is 3. The number of allylic oxidation sites excluding steroid dienone is 5. The lowest BCUT2D eigenvalue weighted by molar-refractivity contribution is -0.120. The largest absolute Gasteiger partial charge is 0.444 e. The number of carbonyl (C=O) groups excluding carboxylic acids is 2. The molecule has 0 aliphatic carbocycles. The average Bonchev–Trinajstić information content (AvgIpc) is 2.61. The maximum atomic E-state index is 12.1. The molecule has 7 nitrogen and oxygen atoms in total. The Morgan fingerprint density at radius 3 is 2.06 bits per heavy atom. The number of thioether (sulfide) groups is 1. The van der Waals surface area contributed by atoms with Crippen LogP contribution >= 0.6 is 11.8 Å². The summed E-state index contributed by atoms with van der Waals surface area (Å²) >= 11 is 1.43. The average molecular weight is 489 g/mol. The number of rotatable bonds is 13. The van der Waals surface area contributed by atoms with Gasteiger partial charge in [-0.05, 0) is 74.1 Å². The Balaban J connectivity index is 4.59. The van der Waals surface area contributed by atoms with E-state index in [0.29, 0.717) is 5.75 Å². The number of amides is 2.